The summed E-state index contributed by atoms with van der Waals surface area (Å²) in [7, 11) is 0. The molecule has 3 unspecified atom stereocenters. The summed E-state index contributed by atoms with van der Waals surface area (Å²) in [4.78, 5) is 11.3. The highest BCUT2D eigenvalue weighted by atomic mass is 16.5. The molecule has 0 radical (unpaired) electrons. The van der Waals surface area contributed by atoms with E-state index < -0.39 is 0 Å². The van der Waals surface area contributed by atoms with Gasteiger partial charge in [0.15, 0.2) is 6.61 Å². The van der Waals surface area contributed by atoms with Gasteiger partial charge in [-0.05, 0) is 37.0 Å². The first-order chi connectivity index (χ1) is 9.78. The average molecular weight is 274 g/mol. The third kappa shape index (κ3) is 2.17. The first-order valence-corrected chi connectivity index (χ1v) is 7.22. The Kier molecular flexibility index (Phi) is 2.89. The van der Waals surface area contributed by atoms with Crippen LogP contribution in [0.5, 0.6) is 5.75 Å². The molecule has 5 nitrogen and oxygen atoms in total. The SMILES string of the molecule is O=C1COc2ccc(CNC3CC4CCC3O4)cc2N1. The second-order valence-corrected chi connectivity index (χ2v) is 5.76. The maximum Gasteiger partial charge on any atom is 0.262 e. The number of carbonyl (C=O) groups excluding carboxylic acids is 1. The van der Waals surface area contributed by atoms with Crippen molar-refractivity contribution in [1.29, 1.82) is 0 Å². The van der Waals surface area contributed by atoms with Gasteiger partial charge in [0.2, 0.25) is 0 Å². The molecule has 3 aliphatic rings. The fourth-order valence-corrected chi connectivity index (χ4v) is 3.34. The molecule has 0 aromatic heterocycles. The van der Waals surface area contributed by atoms with Crippen LogP contribution in [0.25, 0.3) is 0 Å². The van der Waals surface area contributed by atoms with Crippen LogP contribution < -0.4 is 15.4 Å². The molecule has 1 amide bonds. The van der Waals surface area contributed by atoms with Crippen LogP contribution in [0.15, 0.2) is 18.2 Å². The van der Waals surface area contributed by atoms with E-state index in [1.807, 2.05) is 18.2 Å². The first kappa shape index (κ1) is 12.2. The van der Waals surface area contributed by atoms with Gasteiger partial charge in [-0.3, -0.25) is 4.79 Å². The third-order valence-electron chi connectivity index (χ3n) is 4.35. The van der Waals surface area contributed by atoms with Crippen molar-refractivity contribution in [3.8, 4) is 5.75 Å². The molecule has 1 aromatic carbocycles. The van der Waals surface area contributed by atoms with Crippen LogP contribution in [-0.2, 0) is 16.1 Å². The molecule has 0 aliphatic carbocycles. The van der Waals surface area contributed by atoms with Crippen LogP contribution in [0.2, 0.25) is 0 Å². The number of carbonyl (C=O) groups is 1. The van der Waals surface area contributed by atoms with Crippen LogP contribution in [0.1, 0.15) is 24.8 Å². The Bertz CT molecular complexity index is 546. The van der Waals surface area contributed by atoms with E-state index in [1.165, 1.54) is 12.8 Å². The Morgan fingerprint density at radius 2 is 2.30 bits per heavy atom. The van der Waals surface area contributed by atoms with Crippen molar-refractivity contribution in [1.82, 2.24) is 5.32 Å². The van der Waals surface area contributed by atoms with Gasteiger partial charge in [-0.1, -0.05) is 6.07 Å². The zero-order valence-corrected chi connectivity index (χ0v) is 11.2. The van der Waals surface area contributed by atoms with Crippen LogP contribution >= 0.6 is 0 Å². The minimum absolute atomic E-state index is 0.0934. The number of ether oxygens (including phenoxy) is 2. The van der Waals surface area contributed by atoms with Gasteiger partial charge in [0.05, 0.1) is 17.9 Å². The summed E-state index contributed by atoms with van der Waals surface area (Å²) in [6, 6.07) is 6.41. The van der Waals surface area contributed by atoms with Gasteiger partial charge in [-0.25, -0.2) is 0 Å². The van der Waals surface area contributed by atoms with Gasteiger partial charge in [0.1, 0.15) is 5.75 Å². The highest BCUT2D eigenvalue weighted by Gasteiger charge is 2.40. The summed E-state index contributed by atoms with van der Waals surface area (Å²) in [5.74, 6) is 0.653. The summed E-state index contributed by atoms with van der Waals surface area (Å²) >= 11 is 0. The molecule has 2 saturated heterocycles. The first-order valence-electron chi connectivity index (χ1n) is 7.22. The molecule has 20 heavy (non-hydrogen) atoms. The molecule has 2 fully saturated rings. The van der Waals surface area contributed by atoms with E-state index in [9.17, 15) is 4.79 Å². The van der Waals surface area contributed by atoms with E-state index >= 15 is 0 Å². The van der Waals surface area contributed by atoms with E-state index in [0.717, 1.165) is 30.0 Å². The maximum atomic E-state index is 11.3. The third-order valence-corrected chi connectivity index (χ3v) is 4.35. The van der Waals surface area contributed by atoms with E-state index in [2.05, 4.69) is 10.6 Å². The van der Waals surface area contributed by atoms with Crippen molar-refractivity contribution in [3.63, 3.8) is 0 Å². The zero-order valence-electron chi connectivity index (χ0n) is 11.2. The lowest BCUT2D eigenvalue weighted by Crippen LogP contribution is -2.37. The Hall–Kier alpha value is -1.59. The van der Waals surface area contributed by atoms with Crippen molar-refractivity contribution < 1.29 is 14.3 Å². The molecule has 2 bridgehead atoms. The minimum Gasteiger partial charge on any atom is -0.482 e. The minimum atomic E-state index is -0.0934. The normalized spacial score (nSPS) is 30.8. The van der Waals surface area contributed by atoms with Crippen LogP contribution in [0.4, 0.5) is 5.69 Å². The van der Waals surface area contributed by atoms with Gasteiger partial charge in [-0.15, -0.1) is 0 Å². The van der Waals surface area contributed by atoms with Crippen LogP contribution in [0, 0.1) is 0 Å². The molecule has 106 valence electrons. The Balaban J connectivity index is 1.42. The van der Waals surface area contributed by atoms with Crippen molar-refractivity contribution in [3.05, 3.63) is 23.8 Å². The molecule has 0 saturated carbocycles. The van der Waals surface area contributed by atoms with Crippen LogP contribution in [-0.4, -0.2) is 30.8 Å². The molecule has 2 N–H and O–H groups in total. The summed E-state index contributed by atoms with van der Waals surface area (Å²) in [6.45, 7) is 0.896. The number of hydrogen-bond donors (Lipinski definition) is 2. The summed E-state index contributed by atoms with van der Waals surface area (Å²) in [5, 5.41) is 6.41. The average Bonchev–Trinajstić information content (AvgIpc) is 3.07. The van der Waals surface area contributed by atoms with Gasteiger partial charge < -0.3 is 20.1 Å². The summed E-state index contributed by atoms with van der Waals surface area (Å²) in [6.07, 6.45) is 4.37. The smallest absolute Gasteiger partial charge is 0.262 e. The summed E-state index contributed by atoms with van der Waals surface area (Å²) < 4.78 is 11.2. The van der Waals surface area contributed by atoms with Crippen molar-refractivity contribution in [2.45, 2.75) is 44.1 Å². The number of benzene rings is 1. The lowest BCUT2D eigenvalue weighted by atomic mass is 9.95. The number of hydrogen-bond acceptors (Lipinski definition) is 4. The van der Waals surface area contributed by atoms with Crippen molar-refractivity contribution in [2.75, 3.05) is 11.9 Å². The monoisotopic (exact) mass is 274 g/mol. The molecule has 4 rings (SSSR count). The number of nitrogens with one attached hydrogen (secondary N) is 2. The predicted molar refractivity (Wildman–Crippen MR) is 73.7 cm³/mol. The van der Waals surface area contributed by atoms with Crippen molar-refractivity contribution >= 4 is 11.6 Å². The van der Waals surface area contributed by atoms with Gasteiger partial charge in [-0.2, -0.15) is 0 Å². The Morgan fingerprint density at radius 1 is 1.35 bits per heavy atom. The molecule has 3 heterocycles. The van der Waals surface area contributed by atoms with Crippen molar-refractivity contribution in [2.24, 2.45) is 0 Å². The maximum absolute atomic E-state index is 11.3. The largest absolute Gasteiger partial charge is 0.482 e. The summed E-state index contributed by atoms with van der Waals surface area (Å²) in [5.41, 5.74) is 1.92. The fourth-order valence-electron chi connectivity index (χ4n) is 3.34. The van der Waals surface area contributed by atoms with Gasteiger partial charge >= 0.3 is 0 Å². The van der Waals surface area contributed by atoms with Gasteiger partial charge in [0.25, 0.3) is 5.91 Å². The fraction of sp³-hybridized carbons (Fsp3) is 0.533. The molecular weight excluding hydrogens is 256 g/mol. The number of rotatable bonds is 3. The molecule has 3 atom stereocenters. The number of fused-ring (bicyclic) bond motifs is 3. The topological polar surface area (TPSA) is 59.6 Å². The van der Waals surface area contributed by atoms with E-state index in [1.54, 1.807) is 0 Å². The Labute approximate surface area is 117 Å². The molecule has 0 spiro atoms. The van der Waals surface area contributed by atoms with E-state index in [-0.39, 0.29) is 12.5 Å². The zero-order chi connectivity index (χ0) is 13.5. The predicted octanol–water partition coefficient (Wildman–Crippen LogP) is 1.43. The highest BCUT2D eigenvalue weighted by molar-refractivity contribution is 5.95. The highest BCUT2D eigenvalue weighted by Crippen LogP contribution is 2.34. The Morgan fingerprint density at radius 3 is 3.10 bits per heavy atom. The van der Waals surface area contributed by atoms with E-state index in [0.29, 0.717) is 18.2 Å². The van der Waals surface area contributed by atoms with Crippen LogP contribution in [0.3, 0.4) is 0 Å². The molecular formula is C15H18N2O3. The number of amides is 1. The standard InChI is InChI=1S/C15H18N2O3/c18-15-8-19-13-3-1-9(5-12(13)17-15)7-16-11-6-10-2-4-14(11)20-10/h1,3,5,10-11,14,16H,2,4,6-8H2,(H,17,18). The second kappa shape index (κ2) is 4.75. The number of anilines is 1. The molecule has 1 aromatic rings. The van der Waals surface area contributed by atoms with Gasteiger partial charge in [0, 0.05) is 12.6 Å². The molecule has 5 heteroatoms. The molecule has 3 aliphatic heterocycles. The lowest BCUT2D eigenvalue weighted by molar-refractivity contribution is -0.118. The quantitative estimate of drug-likeness (QED) is 0.875. The lowest BCUT2D eigenvalue weighted by Gasteiger charge is -2.21. The second-order valence-electron chi connectivity index (χ2n) is 5.76. The van der Waals surface area contributed by atoms with E-state index in [4.69, 9.17) is 9.47 Å².